The van der Waals surface area contributed by atoms with Gasteiger partial charge in [0.1, 0.15) is 0 Å². The molecule has 1 aliphatic rings. The first-order valence-electron chi connectivity index (χ1n) is 7.54. The predicted octanol–water partition coefficient (Wildman–Crippen LogP) is 1.32. The Morgan fingerprint density at radius 1 is 1.43 bits per heavy atom. The monoisotopic (exact) mass is 311 g/mol. The number of nitrogens with one attached hydrogen (secondary N) is 1. The first-order valence-corrected chi connectivity index (χ1v) is 7.54. The molecule has 4 heterocycles. The average molecular weight is 311 g/mol. The van der Waals surface area contributed by atoms with Crippen molar-refractivity contribution in [3.8, 4) is 11.6 Å². The maximum absolute atomic E-state index is 12.4. The minimum atomic E-state index is -0.0869. The van der Waals surface area contributed by atoms with Crippen LogP contribution in [0.4, 0.5) is 0 Å². The van der Waals surface area contributed by atoms with Crippen LogP contribution in [0.5, 0.6) is 0 Å². The second kappa shape index (κ2) is 5.51. The van der Waals surface area contributed by atoms with Crippen LogP contribution in [0.2, 0.25) is 0 Å². The number of aromatic amines is 1. The minimum absolute atomic E-state index is 0.0869. The number of fused-ring (bicyclic) bond motifs is 1. The SMILES string of the molecule is Cn1cncc1CN1CCc2nc(-c3ccco3)[nH]c(=O)c2C1. The second-order valence-electron chi connectivity index (χ2n) is 5.77. The zero-order chi connectivity index (χ0) is 15.8. The van der Waals surface area contributed by atoms with E-state index in [0.717, 1.165) is 36.5 Å². The fourth-order valence-corrected chi connectivity index (χ4v) is 2.91. The molecule has 1 N–H and O–H groups in total. The van der Waals surface area contributed by atoms with Crippen molar-refractivity contribution >= 4 is 0 Å². The molecule has 118 valence electrons. The van der Waals surface area contributed by atoms with Gasteiger partial charge in [0.25, 0.3) is 5.56 Å². The second-order valence-corrected chi connectivity index (χ2v) is 5.77. The first kappa shape index (κ1) is 14.0. The number of furan rings is 1. The number of aryl methyl sites for hydroxylation is 1. The van der Waals surface area contributed by atoms with E-state index < -0.39 is 0 Å². The first-order chi connectivity index (χ1) is 11.2. The van der Waals surface area contributed by atoms with E-state index in [9.17, 15) is 4.79 Å². The van der Waals surface area contributed by atoms with E-state index in [4.69, 9.17) is 4.42 Å². The molecule has 0 saturated heterocycles. The van der Waals surface area contributed by atoms with E-state index in [1.807, 2.05) is 17.8 Å². The molecule has 0 saturated carbocycles. The molecule has 7 nitrogen and oxygen atoms in total. The van der Waals surface area contributed by atoms with Crippen LogP contribution < -0.4 is 5.56 Å². The molecule has 0 aromatic carbocycles. The predicted molar refractivity (Wildman–Crippen MR) is 83.6 cm³/mol. The summed E-state index contributed by atoms with van der Waals surface area (Å²) in [5.41, 5.74) is 2.65. The van der Waals surface area contributed by atoms with Gasteiger partial charge in [-0.1, -0.05) is 0 Å². The Balaban J connectivity index is 1.60. The molecule has 0 unspecified atom stereocenters. The van der Waals surface area contributed by atoms with Crippen molar-refractivity contribution in [2.24, 2.45) is 7.05 Å². The van der Waals surface area contributed by atoms with Gasteiger partial charge < -0.3 is 14.0 Å². The summed E-state index contributed by atoms with van der Waals surface area (Å²) in [5, 5.41) is 0. The normalized spacial score (nSPS) is 14.8. The summed E-state index contributed by atoms with van der Waals surface area (Å²) in [7, 11) is 1.98. The molecule has 0 aliphatic carbocycles. The summed E-state index contributed by atoms with van der Waals surface area (Å²) in [6, 6.07) is 3.58. The van der Waals surface area contributed by atoms with Gasteiger partial charge in [0.2, 0.25) is 0 Å². The van der Waals surface area contributed by atoms with Crippen molar-refractivity contribution in [1.82, 2.24) is 24.4 Å². The molecule has 0 spiro atoms. The number of rotatable bonds is 3. The third kappa shape index (κ3) is 2.59. The van der Waals surface area contributed by atoms with Gasteiger partial charge >= 0.3 is 0 Å². The largest absolute Gasteiger partial charge is 0.461 e. The summed E-state index contributed by atoms with van der Waals surface area (Å²) in [6.45, 7) is 2.24. The Labute approximate surface area is 132 Å². The lowest BCUT2D eigenvalue weighted by Gasteiger charge is -2.27. The molecule has 1 aliphatic heterocycles. The van der Waals surface area contributed by atoms with Gasteiger partial charge in [0, 0.05) is 39.3 Å². The lowest BCUT2D eigenvalue weighted by molar-refractivity contribution is 0.236. The molecule has 3 aromatic heterocycles. The number of aromatic nitrogens is 4. The lowest BCUT2D eigenvalue weighted by atomic mass is 10.1. The number of hydrogen-bond acceptors (Lipinski definition) is 5. The average Bonchev–Trinajstić information content (AvgIpc) is 3.20. The zero-order valence-electron chi connectivity index (χ0n) is 12.8. The summed E-state index contributed by atoms with van der Waals surface area (Å²) >= 11 is 0. The summed E-state index contributed by atoms with van der Waals surface area (Å²) in [4.78, 5) is 26.2. The Hall–Kier alpha value is -2.67. The van der Waals surface area contributed by atoms with Crippen molar-refractivity contribution in [1.29, 1.82) is 0 Å². The number of H-pyrrole nitrogens is 1. The maximum atomic E-state index is 12.4. The van der Waals surface area contributed by atoms with Gasteiger partial charge in [0.05, 0.1) is 29.5 Å². The molecular formula is C16H17N5O2. The van der Waals surface area contributed by atoms with E-state index in [1.165, 1.54) is 0 Å². The standard InChI is InChI=1S/C16H17N5O2/c1-20-10-17-7-11(20)8-21-5-4-13-12(9-21)16(22)19-15(18-13)14-3-2-6-23-14/h2-3,6-7,10H,4-5,8-9H2,1H3,(H,18,19,22). The highest BCUT2D eigenvalue weighted by atomic mass is 16.3. The van der Waals surface area contributed by atoms with E-state index >= 15 is 0 Å². The Morgan fingerprint density at radius 2 is 2.35 bits per heavy atom. The molecule has 0 atom stereocenters. The highest BCUT2D eigenvalue weighted by Gasteiger charge is 2.22. The van der Waals surface area contributed by atoms with Crippen molar-refractivity contribution < 1.29 is 4.42 Å². The van der Waals surface area contributed by atoms with Gasteiger partial charge in [-0.15, -0.1) is 0 Å². The molecule has 0 fully saturated rings. The van der Waals surface area contributed by atoms with Gasteiger partial charge in [-0.05, 0) is 12.1 Å². The third-order valence-corrected chi connectivity index (χ3v) is 4.20. The van der Waals surface area contributed by atoms with Crippen LogP contribution in [0.1, 0.15) is 17.0 Å². The van der Waals surface area contributed by atoms with Crippen LogP contribution in [0.3, 0.4) is 0 Å². The minimum Gasteiger partial charge on any atom is -0.461 e. The Kier molecular flexibility index (Phi) is 3.34. The van der Waals surface area contributed by atoms with Gasteiger partial charge in [-0.2, -0.15) is 0 Å². The molecule has 0 bridgehead atoms. The van der Waals surface area contributed by atoms with E-state index in [2.05, 4.69) is 19.9 Å². The van der Waals surface area contributed by atoms with Crippen LogP contribution in [-0.2, 0) is 26.6 Å². The van der Waals surface area contributed by atoms with Gasteiger partial charge in [-0.3, -0.25) is 9.69 Å². The molecule has 3 aromatic rings. The fraction of sp³-hybridized carbons (Fsp3) is 0.312. The zero-order valence-corrected chi connectivity index (χ0v) is 12.8. The maximum Gasteiger partial charge on any atom is 0.256 e. The Bertz CT molecular complexity index is 878. The number of imidazole rings is 1. The molecular weight excluding hydrogens is 294 g/mol. The smallest absolute Gasteiger partial charge is 0.256 e. The topological polar surface area (TPSA) is 80.0 Å². The van der Waals surface area contributed by atoms with Crippen molar-refractivity contribution in [3.63, 3.8) is 0 Å². The van der Waals surface area contributed by atoms with Gasteiger partial charge in [-0.25, -0.2) is 9.97 Å². The highest BCUT2D eigenvalue weighted by Crippen LogP contribution is 2.20. The number of hydrogen-bond donors (Lipinski definition) is 1. The number of nitrogens with zero attached hydrogens (tertiary/aromatic N) is 4. The fourth-order valence-electron chi connectivity index (χ4n) is 2.91. The Morgan fingerprint density at radius 3 is 3.09 bits per heavy atom. The molecule has 4 rings (SSSR count). The molecule has 0 amide bonds. The van der Waals surface area contributed by atoms with Gasteiger partial charge in [0.15, 0.2) is 11.6 Å². The van der Waals surface area contributed by atoms with Crippen LogP contribution >= 0.6 is 0 Å². The molecule has 0 radical (unpaired) electrons. The molecule has 7 heteroatoms. The van der Waals surface area contributed by atoms with E-state index in [0.29, 0.717) is 18.1 Å². The van der Waals surface area contributed by atoms with Crippen LogP contribution in [-0.4, -0.2) is 31.0 Å². The van der Waals surface area contributed by atoms with Crippen LogP contribution in [0.25, 0.3) is 11.6 Å². The summed E-state index contributed by atoms with van der Waals surface area (Å²) in [5.74, 6) is 1.08. The lowest BCUT2D eigenvalue weighted by Crippen LogP contribution is -2.35. The quantitative estimate of drug-likeness (QED) is 0.789. The third-order valence-electron chi connectivity index (χ3n) is 4.20. The summed E-state index contributed by atoms with van der Waals surface area (Å²) < 4.78 is 7.32. The van der Waals surface area contributed by atoms with Crippen molar-refractivity contribution in [3.05, 3.63) is 58.2 Å². The molecule has 23 heavy (non-hydrogen) atoms. The van der Waals surface area contributed by atoms with E-state index in [-0.39, 0.29) is 5.56 Å². The van der Waals surface area contributed by atoms with Crippen molar-refractivity contribution in [2.75, 3.05) is 6.54 Å². The highest BCUT2D eigenvalue weighted by molar-refractivity contribution is 5.46. The van der Waals surface area contributed by atoms with Crippen LogP contribution in [0, 0.1) is 0 Å². The van der Waals surface area contributed by atoms with Crippen molar-refractivity contribution in [2.45, 2.75) is 19.5 Å². The van der Waals surface area contributed by atoms with E-state index in [1.54, 1.807) is 24.7 Å². The summed E-state index contributed by atoms with van der Waals surface area (Å²) in [6.07, 6.45) is 5.98. The van der Waals surface area contributed by atoms with Crippen LogP contribution in [0.15, 0.2) is 40.1 Å².